The second-order valence-corrected chi connectivity index (χ2v) is 3.95. The maximum absolute atomic E-state index is 6.17. The molecule has 1 rings (SSSR count). The molecule has 0 aromatic carbocycles. The summed E-state index contributed by atoms with van der Waals surface area (Å²) in [6.07, 6.45) is 14.3. The zero-order valence-corrected chi connectivity index (χ0v) is 9.38. The van der Waals surface area contributed by atoms with Gasteiger partial charge in [0.1, 0.15) is 0 Å². The molecule has 0 N–H and O–H groups in total. The Balaban J connectivity index is 2.96. The van der Waals surface area contributed by atoms with Crippen LogP contribution in [0.4, 0.5) is 0 Å². The molecular formula is C13H15Cl. The summed E-state index contributed by atoms with van der Waals surface area (Å²) in [5.74, 6) is 3.20. The third-order valence-electron chi connectivity index (χ3n) is 2.58. The van der Waals surface area contributed by atoms with E-state index in [1.165, 1.54) is 5.57 Å². The molecular weight excluding hydrogens is 192 g/mol. The van der Waals surface area contributed by atoms with Gasteiger partial charge in [-0.1, -0.05) is 55.2 Å². The molecule has 0 bridgehead atoms. The highest BCUT2D eigenvalue weighted by molar-refractivity contribution is 6.30. The van der Waals surface area contributed by atoms with Crippen molar-refractivity contribution >= 4 is 11.6 Å². The zero-order valence-electron chi connectivity index (χ0n) is 8.63. The van der Waals surface area contributed by atoms with E-state index in [1.807, 2.05) is 0 Å². The molecule has 0 nitrogen and oxygen atoms in total. The molecule has 2 atom stereocenters. The van der Waals surface area contributed by atoms with Crippen LogP contribution in [0.2, 0.25) is 0 Å². The van der Waals surface area contributed by atoms with E-state index in [0.29, 0.717) is 5.92 Å². The van der Waals surface area contributed by atoms with Gasteiger partial charge in [-0.05, 0) is 12.3 Å². The average molecular weight is 207 g/mol. The van der Waals surface area contributed by atoms with E-state index < -0.39 is 0 Å². The van der Waals surface area contributed by atoms with Crippen LogP contribution >= 0.6 is 11.6 Å². The fourth-order valence-electron chi connectivity index (χ4n) is 1.84. The van der Waals surface area contributed by atoms with Gasteiger partial charge in [-0.25, -0.2) is 0 Å². The predicted octanol–water partition coefficient (Wildman–Crippen LogP) is 3.90. The normalized spacial score (nSPS) is 27.0. The van der Waals surface area contributed by atoms with Crippen LogP contribution in [0.1, 0.15) is 20.3 Å². The van der Waals surface area contributed by atoms with Crippen LogP contribution in [0, 0.1) is 24.2 Å². The van der Waals surface area contributed by atoms with Gasteiger partial charge in [0.25, 0.3) is 0 Å². The molecule has 0 heterocycles. The molecule has 0 amide bonds. The van der Waals surface area contributed by atoms with Crippen molar-refractivity contribution in [3.63, 3.8) is 0 Å². The van der Waals surface area contributed by atoms with Crippen molar-refractivity contribution in [3.8, 4) is 12.3 Å². The van der Waals surface area contributed by atoms with Crippen LogP contribution in [-0.2, 0) is 0 Å². The fourth-order valence-corrected chi connectivity index (χ4v) is 2.24. The topological polar surface area (TPSA) is 0 Å². The maximum atomic E-state index is 6.17. The number of terminal acetylenes is 1. The van der Waals surface area contributed by atoms with Crippen LogP contribution in [0.15, 0.2) is 34.9 Å². The number of hydrogen-bond acceptors (Lipinski definition) is 0. The lowest BCUT2D eigenvalue weighted by Crippen LogP contribution is -2.15. The first-order valence-corrected chi connectivity index (χ1v) is 5.27. The summed E-state index contributed by atoms with van der Waals surface area (Å²) in [5.41, 5.74) is 1.36. The molecule has 0 spiro atoms. The van der Waals surface area contributed by atoms with Gasteiger partial charge in [-0.15, -0.1) is 6.42 Å². The van der Waals surface area contributed by atoms with E-state index in [2.05, 4.69) is 38.0 Å². The van der Waals surface area contributed by atoms with E-state index >= 15 is 0 Å². The standard InChI is InChI=1S/C13H15Cl/c1-4-7-12(14)13-10(3)8-6-9-11(13)5-2/h1,6-10,13H,5H2,2-3H3/b12-7+. The first kappa shape index (κ1) is 11.1. The van der Waals surface area contributed by atoms with Gasteiger partial charge in [-0.2, -0.15) is 0 Å². The summed E-state index contributed by atoms with van der Waals surface area (Å²) in [6, 6.07) is 0. The lowest BCUT2D eigenvalue weighted by molar-refractivity contribution is 0.552. The van der Waals surface area contributed by atoms with Crippen LogP contribution in [0.25, 0.3) is 0 Å². The Kier molecular flexibility index (Phi) is 4.04. The van der Waals surface area contributed by atoms with Crippen LogP contribution in [0.3, 0.4) is 0 Å². The highest BCUT2D eigenvalue weighted by Crippen LogP contribution is 2.35. The number of hydrogen-bond donors (Lipinski definition) is 0. The highest BCUT2D eigenvalue weighted by atomic mass is 35.5. The van der Waals surface area contributed by atoms with Gasteiger partial charge in [0, 0.05) is 17.0 Å². The van der Waals surface area contributed by atoms with E-state index in [9.17, 15) is 0 Å². The summed E-state index contributed by atoms with van der Waals surface area (Å²) < 4.78 is 0. The van der Waals surface area contributed by atoms with Crippen molar-refractivity contribution in [1.29, 1.82) is 0 Å². The first-order chi connectivity index (χ1) is 6.70. The minimum Gasteiger partial charge on any atom is -0.115 e. The second-order valence-electron chi connectivity index (χ2n) is 3.51. The lowest BCUT2D eigenvalue weighted by atomic mass is 9.81. The average Bonchev–Trinajstić information content (AvgIpc) is 2.17. The SMILES string of the molecule is C#C/C=C(/Cl)C1C(CC)=CC=CC1C. The predicted molar refractivity (Wildman–Crippen MR) is 62.9 cm³/mol. The summed E-state index contributed by atoms with van der Waals surface area (Å²) in [5, 5.41) is 0.775. The van der Waals surface area contributed by atoms with Crippen molar-refractivity contribution in [2.24, 2.45) is 11.8 Å². The monoisotopic (exact) mass is 206 g/mol. The largest absolute Gasteiger partial charge is 0.115 e. The van der Waals surface area contributed by atoms with Gasteiger partial charge in [0.2, 0.25) is 0 Å². The highest BCUT2D eigenvalue weighted by Gasteiger charge is 2.23. The summed E-state index contributed by atoms with van der Waals surface area (Å²) in [7, 11) is 0. The third-order valence-corrected chi connectivity index (χ3v) is 2.92. The van der Waals surface area contributed by atoms with Crippen LogP contribution in [0.5, 0.6) is 0 Å². The number of rotatable bonds is 2. The summed E-state index contributed by atoms with van der Waals surface area (Å²) >= 11 is 6.17. The Bertz CT molecular complexity index is 326. The molecule has 0 aromatic rings. The molecule has 1 aliphatic rings. The van der Waals surface area contributed by atoms with E-state index in [4.69, 9.17) is 18.0 Å². The number of halogens is 1. The second kappa shape index (κ2) is 5.08. The zero-order chi connectivity index (χ0) is 10.6. The Morgan fingerprint density at radius 2 is 2.43 bits per heavy atom. The van der Waals surface area contributed by atoms with Crippen LogP contribution < -0.4 is 0 Å². The summed E-state index contributed by atoms with van der Waals surface area (Å²) in [6.45, 7) is 4.31. The lowest BCUT2D eigenvalue weighted by Gasteiger charge is -2.26. The van der Waals surface area contributed by atoms with Gasteiger partial charge >= 0.3 is 0 Å². The van der Waals surface area contributed by atoms with E-state index in [-0.39, 0.29) is 5.92 Å². The summed E-state index contributed by atoms with van der Waals surface area (Å²) in [4.78, 5) is 0. The van der Waals surface area contributed by atoms with E-state index in [1.54, 1.807) is 6.08 Å². The van der Waals surface area contributed by atoms with Gasteiger partial charge in [-0.3, -0.25) is 0 Å². The van der Waals surface area contributed by atoms with Crippen molar-refractivity contribution < 1.29 is 0 Å². The molecule has 0 saturated heterocycles. The Morgan fingerprint density at radius 1 is 1.71 bits per heavy atom. The molecule has 1 heteroatoms. The van der Waals surface area contributed by atoms with Gasteiger partial charge in [0.05, 0.1) is 0 Å². The molecule has 1 aliphatic carbocycles. The Hall–Kier alpha value is -0.930. The Labute approximate surface area is 91.3 Å². The molecule has 0 fully saturated rings. The third kappa shape index (κ3) is 2.30. The maximum Gasteiger partial charge on any atom is 0.0341 e. The molecule has 14 heavy (non-hydrogen) atoms. The van der Waals surface area contributed by atoms with E-state index in [0.717, 1.165) is 11.5 Å². The molecule has 0 aliphatic heterocycles. The smallest absolute Gasteiger partial charge is 0.0341 e. The molecule has 74 valence electrons. The fraction of sp³-hybridized carbons (Fsp3) is 0.385. The quantitative estimate of drug-likeness (QED) is 0.602. The van der Waals surface area contributed by atoms with Crippen LogP contribution in [-0.4, -0.2) is 0 Å². The van der Waals surface area contributed by atoms with Gasteiger partial charge in [0.15, 0.2) is 0 Å². The molecule has 0 saturated carbocycles. The minimum atomic E-state index is 0.280. The molecule has 2 unspecified atom stereocenters. The van der Waals surface area contributed by atoms with Crippen molar-refractivity contribution in [1.82, 2.24) is 0 Å². The molecule has 0 aromatic heterocycles. The first-order valence-electron chi connectivity index (χ1n) is 4.89. The van der Waals surface area contributed by atoms with Crippen molar-refractivity contribution in [3.05, 3.63) is 34.9 Å². The van der Waals surface area contributed by atoms with Crippen molar-refractivity contribution in [2.75, 3.05) is 0 Å². The Morgan fingerprint density at radius 3 is 3.00 bits per heavy atom. The van der Waals surface area contributed by atoms with Gasteiger partial charge < -0.3 is 0 Å². The van der Waals surface area contributed by atoms with Crippen molar-refractivity contribution in [2.45, 2.75) is 20.3 Å². The molecule has 0 radical (unpaired) electrons. The number of allylic oxidation sites excluding steroid dienone is 6. The minimum absolute atomic E-state index is 0.280.